The minimum atomic E-state index is -3.57. The largest absolute Gasteiger partial charge is 0.334 e. The van der Waals surface area contributed by atoms with E-state index in [0.717, 1.165) is 0 Å². The molecule has 0 fully saturated rings. The van der Waals surface area contributed by atoms with Crippen LogP contribution in [-0.4, -0.2) is 38.7 Å². The van der Waals surface area contributed by atoms with Gasteiger partial charge in [-0.1, -0.05) is 16.8 Å². The van der Waals surface area contributed by atoms with Gasteiger partial charge in [-0.05, 0) is 39.2 Å². The Bertz CT molecular complexity index is 760. The van der Waals surface area contributed by atoms with Gasteiger partial charge in [-0.25, -0.2) is 13.1 Å². The van der Waals surface area contributed by atoms with E-state index < -0.39 is 10.0 Å². The monoisotopic (exact) mass is 344 g/mol. The summed E-state index contributed by atoms with van der Waals surface area (Å²) in [5.74, 6) is 0.714. The molecule has 120 valence electrons. The first kappa shape index (κ1) is 16.9. The normalized spacial score (nSPS) is 13.3. The van der Waals surface area contributed by atoms with Gasteiger partial charge in [0.05, 0.1) is 15.5 Å². The molecule has 1 heterocycles. The third-order valence-electron chi connectivity index (χ3n) is 3.20. The number of benzene rings is 1. The second-order valence-electron chi connectivity index (χ2n) is 4.76. The van der Waals surface area contributed by atoms with Crippen molar-refractivity contribution in [3.63, 3.8) is 0 Å². The maximum atomic E-state index is 11.9. The number of hydrogen-bond acceptors (Lipinski definition) is 6. The predicted molar refractivity (Wildman–Crippen MR) is 83.2 cm³/mol. The van der Waals surface area contributed by atoms with Crippen LogP contribution in [0.3, 0.4) is 0 Å². The SMILES string of the molecule is CNC(C)Cc1noc(-c2cc(S(=O)(=O)NC)ccc2Cl)n1. The molecule has 7 nitrogen and oxygen atoms in total. The van der Waals surface area contributed by atoms with Gasteiger partial charge in [-0.3, -0.25) is 0 Å². The Morgan fingerprint density at radius 3 is 2.73 bits per heavy atom. The number of sulfonamides is 1. The van der Waals surface area contributed by atoms with Crippen molar-refractivity contribution in [2.75, 3.05) is 14.1 Å². The van der Waals surface area contributed by atoms with Gasteiger partial charge in [0, 0.05) is 12.5 Å². The molecule has 0 aliphatic heterocycles. The molecule has 1 unspecified atom stereocenters. The second-order valence-corrected chi connectivity index (χ2v) is 7.05. The highest BCUT2D eigenvalue weighted by Crippen LogP contribution is 2.29. The van der Waals surface area contributed by atoms with E-state index in [9.17, 15) is 8.42 Å². The first-order valence-corrected chi connectivity index (χ1v) is 8.47. The molecule has 0 spiro atoms. The molecule has 0 amide bonds. The molecule has 0 aliphatic rings. The number of nitrogens with one attached hydrogen (secondary N) is 2. The van der Waals surface area contributed by atoms with Crippen LogP contribution in [-0.2, 0) is 16.4 Å². The van der Waals surface area contributed by atoms with Crippen LogP contribution in [0.1, 0.15) is 12.7 Å². The topological polar surface area (TPSA) is 97.1 Å². The van der Waals surface area contributed by atoms with Gasteiger partial charge in [0.1, 0.15) is 0 Å². The molecule has 1 aromatic heterocycles. The van der Waals surface area contributed by atoms with Crippen LogP contribution in [0.5, 0.6) is 0 Å². The van der Waals surface area contributed by atoms with Crippen LogP contribution in [0.25, 0.3) is 11.5 Å². The Morgan fingerprint density at radius 2 is 2.09 bits per heavy atom. The fourth-order valence-electron chi connectivity index (χ4n) is 1.78. The quantitative estimate of drug-likeness (QED) is 0.823. The molecule has 22 heavy (non-hydrogen) atoms. The average Bonchev–Trinajstić information content (AvgIpc) is 2.95. The lowest BCUT2D eigenvalue weighted by Crippen LogP contribution is -2.24. The summed E-state index contributed by atoms with van der Waals surface area (Å²) in [7, 11) is -0.387. The molecule has 0 radical (unpaired) electrons. The van der Waals surface area contributed by atoms with Crippen molar-refractivity contribution in [1.82, 2.24) is 20.2 Å². The van der Waals surface area contributed by atoms with Crippen LogP contribution >= 0.6 is 11.6 Å². The summed E-state index contributed by atoms with van der Waals surface area (Å²) < 4.78 is 31.2. The standard InChI is InChI=1S/C13H17ClN4O3S/c1-8(15-2)6-12-17-13(21-18-12)10-7-9(4-5-11(10)14)22(19,20)16-3/h4-5,7-8,15-16H,6H2,1-3H3. The van der Waals surface area contributed by atoms with Crippen molar-refractivity contribution in [1.29, 1.82) is 0 Å². The minimum Gasteiger partial charge on any atom is -0.334 e. The first-order chi connectivity index (χ1) is 10.4. The maximum absolute atomic E-state index is 11.9. The number of hydrogen-bond donors (Lipinski definition) is 2. The zero-order chi connectivity index (χ0) is 16.3. The fourth-order valence-corrected chi connectivity index (χ4v) is 2.73. The summed E-state index contributed by atoms with van der Waals surface area (Å²) in [6.07, 6.45) is 0.589. The highest BCUT2D eigenvalue weighted by Gasteiger charge is 2.18. The Kier molecular flexibility index (Phi) is 5.17. The summed E-state index contributed by atoms with van der Waals surface area (Å²) >= 11 is 6.11. The van der Waals surface area contributed by atoms with Gasteiger partial charge in [-0.2, -0.15) is 4.98 Å². The molecule has 9 heteroatoms. The van der Waals surface area contributed by atoms with Crippen molar-refractivity contribution in [2.45, 2.75) is 24.3 Å². The number of likely N-dealkylation sites (N-methyl/N-ethyl adjacent to an activating group) is 1. The summed E-state index contributed by atoms with van der Waals surface area (Å²) in [6, 6.07) is 4.50. The number of rotatable bonds is 6. The zero-order valence-electron chi connectivity index (χ0n) is 12.4. The second kappa shape index (κ2) is 6.74. The van der Waals surface area contributed by atoms with E-state index >= 15 is 0 Å². The van der Waals surface area contributed by atoms with Crippen LogP contribution in [0.15, 0.2) is 27.6 Å². The molecule has 2 N–H and O–H groups in total. The highest BCUT2D eigenvalue weighted by atomic mass is 35.5. The molecule has 1 atom stereocenters. The molecular weight excluding hydrogens is 328 g/mol. The molecular formula is C13H17ClN4O3S. The Morgan fingerprint density at radius 1 is 1.36 bits per heavy atom. The van der Waals surface area contributed by atoms with Gasteiger partial charge >= 0.3 is 0 Å². The number of halogens is 1. The number of aromatic nitrogens is 2. The van der Waals surface area contributed by atoms with Crippen LogP contribution in [0.2, 0.25) is 5.02 Å². The molecule has 2 aromatic rings. The average molecular weight is 345 g/mol. The lowest BCUT2D eigenvalue weighted by molar-refractivity contribution is 0.418. The Balaban J connectivity index is 2.38. The fraction of sp³-hybridized carbons (Fsp3) is 0.385. The lowest BCUT2D eigenvalue weighted by Gasteiger charge is -2.05. The third kappa shape index (κ3) is 3.64. The summed E-state index contributed by atoms with van der Waals surface area (Å²) in [5.41, 5.74) is 0.383. The minimum absolute atomic E-state index is 0.0812. The molecule has 0 saturated heterocycles. The summed E-state index contributed by atoms with van der Waals surface area (Å²) in [5, 5.41) is 7.30. The van der Waals surface area contributed by atoms with E-state index in [1.165, 1.54) is 25.2 Å². The Labute approximate surface area is 134 Å². The van der Waals surface area contributed by atoms with E-state index in [1.807, 2.05) is 14.0 Å². The lowest BCUT2D eigenvalue weighted by atomic mass is 10.2. The summed E-state index contributed by atoms with van der Waals surface area (Å²) in [4.78, 5) is 4.34. The zero-order valence-corrected chi connectivity index (χ0v) is 14.0. The van der Waals surface area contributed by atoms with Gasteiger partial charge in [0.25, 0.3) is 5.89 Å². The Hall–Kier alpha value is -1.48. The van der Waals surface area contributed by atoms with Gasteiger partial charge in [-0.15, -0.1) is 0 Å². The molecule has 0 bridgehead atoms. The number of nitrogens with zero attached hydrogens (tertiary/aromatic N) is 2. The maximum Gasteiger partial charge on any atom is 0.259 e. The van der Waals surface area contributed by atoms with Crippen molar-refractivity contribution >= 4 is 21.6 Å². The molecule has 1 aromatic carbocycles. The smallest absolute Gasteiger partial charge is 0.259 e. The van der Waals surface area contributed by atoms with Crippen LogP contribution in [0.4, 0.5) is 0 Å². The first-order valence-electron chi connectivity index (χ1n) is 6.60. The van der Waals surface area contributed by atoms with E-state index in [1.54, 1.807) is 0 Å². The van der Waals surface area contributed by atoms with E-state index in [0.29, 0.717) is 22.8 Å². The van der Waals surface area contributed by atoms with Crippen LogP contribution < -0.4 is 10.0 Å². The van der Waals surface area contributed by atoms with Crippen LogP contribution in [0, 0.1) is 0 Å². The van der Waals surface area contributed by atoms with E-state index in [2.05, 4.69) is 20.2 Å². The van der Waals surface area contributed by atoms with Crippen molar-refractivity contribution < 1.29 is 12.9 Å². The van der Waals surface area contributed by atoms with E-state index in [-0.39, 0.29) is 16.8 Å². The van der Waals surface area contributed by atoms with E-state index in [4.69, 9.17) is 16.1 Å². The highest BCUT2D eigenvalue weighted by molar-refractivity contribution is 7.89. The van der Waals surface area contributed by atoms with Gasteiger partial charge in [0.15, 0.2) is 5.82 Å². The van der Waals surface area contributed by atoms with Crippen molar-refractivity contribution in [3.05, 3.63) is 29.0 Å². The molecule has 0 aliphatic carbocycles. The van der Waals surface area contributed by atoms with Gasteiger partial charge < -0.3 is 9.84 Å². The molecule has 2 rings (SSSR count). The van der Waals surface area contributed by atoms with Gasteiger partial charge in [0.2, 0.25) is 10.0 Å². The molecule has 0 saturated carbocycles. The third-order valence-corrected chi connectivity index (χ3v) is 4.94. The van der Waals surface area contributed by atoms with Crippen molar-refractivity contribution in [2.24, 2.45) is 0 Å². The summed E-state index contributed by atoms with van der Waals surface area (Å²) in [6.45, 7) is 1.99. The van der Waals surface area contributed by atoms with Crippen molar-refractivity contribution in [3.8, 4) is 11.5 Å². The predicted octanol–water partition coefficient (Wildman–Crippen LogP) is 1.45.